The number of nitrogens with two attached hydrogens (primary N) is 1. The number of hydrogen-bond acceptors (Lipinski definition) is 2. The summed E-state index contributed by atoms with van der Waals surface area (Å²) < 4.78 is 0. The van der Waals surface area contributed by atoms with Crippen molar-refractivity contribution in [2.24, 2.45) is 17.6 Å². The van der Waals surface area contributed by atoms with Gasteiger partial charge in [-0.15, -0.1) is 0 Å². The first-order valence-corrected chi connectivity index (χ1v) is 6.67. The molecule has 1 saturated carbocycles. The van der Waals surface area contributed by atoms with E-state index in [1.165, 1.54) is 6.42 Å². The number of carbonyl (C=O) groups excluding carboxylic acids is 1. The van der Waals surface area contributed by atoms with Crippen molar-refractivity contribution in [3.63, 3.8) is 0 Å². The summed E-state index contributed by atoms with van der Waals surface area (Å²) in [5, 5.41) is 0. The van der Waals surface area contributed by atoms with Crippen LogP contribution in [0.25, 0.3) is 0 Å². The summed E-state index contributed by atoms with van der Waals surface area (Å²) in [6.45, 7) is 3.36. The molecule has 2 atom stereocenters. The van der Waals surface area contributed by atoms with Gasteiger partial charge in [-0.2, -0.15) is 0 Å². The highest BCUT2D eigenvalue weighted by Gasteiger charge is 2.34. The van der Waals surface area contributed by atoms with E-state index in [1.807, 2.05) is 31.3 Å². The van der Waals surface area contributed by atoms with Crippen molar-refractivity contribution < 1.29 is 4.79 Å². The number of hydrogen-bond donors (Lipinski definition) is 1. The quantitative estimate of drug-likeness (QED) is 0.837. The molecule has 0 aromatic heterocycles. The fourth-order valence-electron chi connectivity index (χ4n) is 2.22. The van der Waals surface area contributed by atoms with Gasteiger partial charge in [0.05, 0.1) is 12.1 Å². The molecule has 1 aromatic rings. The minimum Gasteiger partial charge on any atom is -0.341 e. The Morgan fingerprint density at radius 2 is 2.16 bits per heavy atom. The van der Waals surface area contributed by atoms with Crippen LogP contribution in [0.3, 0.4) is 0 Å². The Balaban J connectivity index is 2.13. The zero-order valence-corrected chi connectivity index (χ0v) is 11.5. The minimum absolute atomic E-state index is 0.0426. The fourth-order valence-corrected chi connectivity index (χ4v) is 2.22. The predicted molar refractivity (Wildman–Crippen MR) is 76.6 cm³/mol. The van der Waals surface area contributed by atoms with Gasteiger partial charge in [-0.25, -0.2) is 0 Å². The minimum atomic E-state index is 0.0426. The summed E-state index contributed by atoms with van der Waals surface area (Å²) in [6, 6.07) is 7.45. The smallest absolute Gasteiger partial charge is 0.254 e. The molecule has 3 nitrogen and oxygen atoms in total. The zero-order chi connectivity index (χ0) is 13.8. The van der Waals surface area contributed by atoms with Gasteiger partial charge in [-0.1, -0.05) is 30.9 Å². The normalized spacial score (nSPS) is 20.4. The van der Waals surface area contributed by atoms with Crippen molar-refractivity contribution >= 4 is 5.91 Å². The molecule has 0 radical (unpaired) electrons. The molecule has 0 heterocycles. The molecule has 0 bridgehead atoms. The van der Waals surface area contributed by atoms with Crippen LogP contribution in [0.2, 0.25) is 0 Å². The molecule has 2 N–H and O–H groups in total. The highest BCUT2D eigenvalue weighted by molar-refractivity contribution is 5.96. The second-order valence-corrected chi connectivity index (χ2v) is 5.21. The van der Waals surface area contributed by atoms with E-state index in [1.54, 1.807) is 4.90 Å². The van der Waals surface area contributed by atoms with E-state index in [0.717, 1.165) is 18.0 Å². The van der Waals surface area contributed by atoms with E-state index in [0.29, 0.717) is 18.0 Å². The Morgan fingerprint density at radius 1 is 1.47 bits per heavy atom. The maximum Gasteiger partial charge on any atom is 0.254 e. The summed E-state index contributed by atoms with van der Waals surface area (Å²) >= 11 is 0. The van der Waals surface area contributed by atoms with Crippen LogP contribution in [0.5, 0.6) is 0 Å². The zero-order valence-electron chi connectivity index (χ0n) is 11.5. The second-order valence-electron chi connectivity index (χ2n) is 5.21. The standard InChI is InChI=1S/C16H20N2O/c1-12-10-14(12)11-18(2)16(19)15-8-4-3-6-13(15)7-5-9-17/h3-4,6,8,12,14H,9-11,17H2,1-2H3. The van der Waals surface area contributed by atoms with Gasteiger partial charge in [-0.05, 0) is 30.4 Å². The van der Waals surface area contributed by atoms with Crippen molar-refractivity contribution in [3.05, 3.63) is 35.4 Å². The van der Waals surface area contributed by atoms with Crippen molar-refractivity contribution in [2.75, 3.05) is 20.1 Å². The summed E-state index contributed by atoms with van der Waals surface area (Å²) in [5.41, 5.74) is 6.81. The summed E-state index contributed by atoms with van der Waals surface area (Å²) in [7, 11) is 1.86. The van der Waals surface area contributed by atoms with Crippen LogP contribution >= 0.6 is 0 Å². The van der Waals surface area contributed by atoms with E-state index >= 15 is 0 Å². The Hall–Kier alpha value is -1.79. The fraction of sp³-hybridized carbons (Fsp3) is 0.438. The molecule has 1 aromatic carbocycles. The molecule has 1 aliphatic rings. The van der Waals surface area contributed by atoms with E-state index in [2.05, 4.69) is 18.8 Å². The van der Waals surface area contributed by atoms with Crippen LogP contribution in [0, 0.1) is 23.7 Å². The second kappa shape index (κ2) is 5.90. The molecule has 2 unspecified atom stereocenters. The number of carbonyl (C=O) groups is 1. The Labute approximate surface area is 114 Å². The average Bonchev–Trinajstić information content (AvgIpc) is 3.11. The topological polar surface area (TPSA) is 46.3 Å². The first-order valence-electron chi connectivity index (χ1n) is 6.67. The lowest BCUT2D eigenvalue weighted by atomic mass is 10.1. The van der Waals surface area contributed by atoms with Crippen LogP contribution in [-0.2, 0) is 0 Å². The monoisotopic (exact) mass is 256 g/mol. The van der Waals surface area contributed by atoms with Crippen molar-refractivity contribution in [3.8, 4) is 11.8 Å². The first-order chi connectivity index (χ1) is 9.13. The predicted octanol–water partition coefficient (Wildman–Crippen LogP) is 1.72. The van der Waals surface area contributed by atoms with Gasteiger partial charge in [0.15, 0.2) is 0 Å². The molecule has 0 aliphatic heterocycles. The number of nitrogens with zero attached hydrogens (tertiary/aromatic N) is 1. The van der Waals surface area contributed by atoms with Crippen molar-refractivity contribution in [1.29, 1.82) is 0 Å². The third-order valence-electron chi connectivity index (χ3n) is 3.61. The van der Waals surface area contributed by atoms with Crippen LogP contribution in [0.15, 0.2) is 24.3 Å². The highest BCUT2D eigenvalue weighted by Crippen LogP contribution is 2.38. The molecular formula is C16H20N2O. The molecular weight excluding hydrogens is 236 g/mol. The number of amides is 1. The largest absolute Gasteiger partial charge is 0.341 e. The molecule has 0 spiro atoms. The molecule has 3 heteroatoms. The lowest BCUT2D eigenvalue weighted by molar-refractivity contribution is 0.0787. The molecule has 1 fully saturated rings. The molecule has 0 saturated heterocycles. The van der Waals surface area contributed by atoms with E-state index in [4.69, 9.17) is 5.73 Å². The molecule has 2 rings (SSSR count). The lowest BCUT2D eigenvalue weighted by Gasteiger charge is -2.18. The van der Waals surface area contributed by atoms with E-state index in [-0.39, 0.29) is 5.91 Å². The van der Waals surface area contributed by atoms with E-state index in [9.17, 15) is 4.79 Å². The van der Waals surface area contributed by atoms with Gasteiger partial charge >= 0.3 is 0 Å². The lowest BCUT2D eigenvalue weighted by Crippen LogP contribution is -2.29. The van der Waals surface area contributed by atoms with Gasteiger partial charge in [-0.3, -0.25) is 4.79 Å². The van der Waals surface area contributed by atoms with Crippen molar-refractivity contribution in [1.82, 2.24) is 4.90 Å². The van der Waals surface area contributed by atoms with E-state index < -0.39 is 0 Å². The molecule has 19 heavy (non-hydrogen) atoms. The Bertz CT molecular complexity index is 527. The number of rotatable bonds is 3. The van der Waals surface area contributed by atoms with Gasteiger partial charge in [0.2, 0.25) is 0 Å². The van der Waals surface area contributed by atoms with Crippen molar-refractivity contribution in [2.45, 2.75) is 13.3 Å². The Morgan fingerprint density at radius 3 is 2.79 bits per heavy atom. The number of benzene rings is 1. The van der Waals surface area contributed by atoms with Crippen LogP contribution < -0.4 is 5.73 Å². The summed E-state index contributed by atoms with van der Waals surface area (Å²) in [5.74, 6) is 7.23. The van der Waals surface area contributed by atoms with Crippen LogP contribution in [-0.4, -0.2) is 30.9 Å². The molecule has 1 aliphatic carbocycles. The molecule has 100 valence electrons. The highest BCUT2D eigenvalue weighted by atomic mass is 16.2. The maximum atomic E-state index is 12.4. The van der Waals surface area contributed by atoms with Gasteiger partial charge in [0.1, 0.15) is 0 Å². The SMILES string of the molecule is CC1CC1CN(C)C(=O)c1ccccc1C#CCN. The van der Waals surface area contributed by atoms with Gasteiger partial charge in [0, 0.05) is 19.2 Å². The van der Waals surface area contributed by atoms with Gasteiger partial charge < -0.3 is 10.6 Å². The van der Waals surface area contributed by atoms with Crippen LogP contribution in [0.4, 0.5) is 0 Å². The average molecular weight is 256 g/mol. The molecule has 1 amide bonds. The van der Waals surface area contributed by atoms with Crippen LogP contribution in [0.1, 0.15) is 29.3 Å². The third-order valence-corrected chi connectivity index (χ3v) is 3.61. The summed E-state index contributed by atoms with van der Waals surface area (Å²) in [4.78, 5) is 14.2. The Kier molecular flexibility index (Phi) is 4.24. The summed E-state index contributed by atoms with van der Waals surface area (Å²) in [6.07, 6.45) is 1.23. The third kappa shape index (κ3) is 3.36. The first kappa shape index (κ1) is 13.6. The maximum absolute atomic E-state index is 12.4. The van der Waals surface area contributed by atoms with Gasteiger partial charge in [0.25, 0.3) is 5.91 Å².